The van der Waals surface area contributed by atoms with Gasteiger partial charge in [-0.2, -0.15) is 0 Å². The summed E-state index contributed by atoms with van der Waals surface area (Å²) in [4.78, 5) is 11.5. The molecule has 1 aromatic carbocycles. The molecule has 0 atom stereocenters. The van der Waals surface area contributed by atoms with Crippen LogP contribution in [0.15, 0.2) is 22.7 Å². The summed E-state index contributed by atoms with van der Waals surface area (Å²) >= 11 is 3.30. The van der Waals surface area contributed by atoms with E-state index < -0.39 is 0 Å². The van der Waals surface area contributed by atoms with E-state index in [2.05, 4.69) is 15.9 Å². The van der Waals surface area contributed by atoms with Crippen LogP contribution in [0.1, 0.15) is 29.3 Å². The quantitative estimate of drug-likeness (QED) is 0.828. The predicted molar refractivity (Wildman–Crippen MR) is 54.7 cm³/mol. The summed E-state index contributed by atoms with van der Waals surface area (Å²) < 4.78 is 0.755. The average molecular weight is 243 g/mol. The van der Waals surface area contributed by atoms with Crippen molar-refractivity contribution in [2.75, 3.05) is 0 Å². The zero-order valence-electron chi connectivity index (χ0n) is 7.38. The van der Waals surface area contributed by atoms with E-state index in [-0.39, 0.29) is 12.4 Å². The number of Topliss-reactive ketones (excluding diaryl/α,β-unsaturated/α-hetero) is 1. The number of carbonyl (C=O) groups excluding carboxylic acids is 1. The lowest BCUT2D eigenvalue weighted by Gasteiger charge is -2.06. The van der Waals surface area contributed by atoms with Gasteiger partial charge in [0.15, 0.2) is 5.78 Å². The van der Waals surface area contributed by atoms with Crippen LogP contribution in [-0.2, 0) is 6.61 Å². The molecule has 1 rings (SSSR count). The highest BCUT2D eigenvalue weighted by Gasteiger charge is 2.11. The van der Waals surface area contributed by atoms with E-state index in [0.717, 1.165) is 4.47 Å². The van der Waals surface area contributed by atoms with E-state index >= 15 is 0 Å². The Kier molecular flexibility index (Phi) is 3.63. The smallest absolute Gasteiger partial charge is 0.164 e. The topological polar surface area (TPSA) is 37.3 Å². The summed E-state index contributed by atoms with van der Waals surface area (Å²) in [6.07, 6.45) is 0.454. The second-order valence-electron chi connectivity index (χ2n) is 2.71. The molecule has 13 heavy (non-hydrogen) atoms. The largest absolute Gasteiger partial charge is 0.392 e. The van der Waals surface area contributed by atoms with Gasteiger partial charge in [0, 0.05) is 16.5 Å². The van der Waals surface area contributed by atoms with Gasteiger partial charge in [0.1, 0.15) is 0 Å². The van der Waals surface area contributed by atoms with Crippen molar-refractivity contribution in [3.63, 3.8) is 0 Å². The van der Waals surface area contributed by atoms with Gasteiger partial charge in [-0.25, -0.2) is 0 Å². The highest BCUT2D eigenvalue weighted by Crippen LogP contribution is 2.22. The van der Waals surface area contributed by atoms with E-state index in [4.69, 9.17) is 5.11 Å². The first kappa shape index (κ1) is 10.4. The molecule has 0 aliphatic heterocycles. The molecule has 2 nitrogen and oxygen atoms in total. The molecule has 0 heterocycles. The lowest BCUT2D eigenvalue weighted by molar-refractivity contribution is 0.0984. The van der Waals surface area contributed by atoms with Gasteiger partial charge in [0.25, 0.3) is 0 Å². The molecule has 0 saturated heterocycles. The SMILES string of the molecule is CCC(=O)c1c(Br)cccc1CO. The molecular weight excluding hydrogens is 232 g/mol. The van der Waals surface area contributed by atoms with Crippen molar-refractivity contribution in [2.24, 2.45) is 0 Å². The van der Waals surface area contributed by atoms with Crippen LogP contribution in [0.3, 0.4) is 0 Å². The van der Waals surface area contributed by atoms with Gasteiger partial charge in [-0.05, 0) is 11.6 Å². The number of aliphatic hydroxyl groups is 1. The van der Waals surface area contributed by atoms with E-state index in [1.807, 2.05) is 19.1 Å². The first-order valence-corrected chi connectivity index (χ1v) is 4.91. The number of benzene rings is 1. The Morgan fingerprint density at radius 1 is 1.54 bits per heavy atom. The standard InChI is InChI=1S/C10H11BrO2/c1-2-9(13)10-7(6-12)4-3-5-8(10)11/h3-5,12H,2,6H2,1H3. The van der Waals surface area contributed by atoms with Gasteiger partial charge in [-0.3, -0.25) is 4.79 Å². The maximum atomic E-state index is 11.5. The van der Waals surface area contributed by atoms with E-state index in [1.165, 1.54) is 0 Å². The maximum Gasteiger partial charge on any atom is 0.164 e. The van der Waals surface area contributed by atoms with Crippen molar-refractivity contribution in [1.29, 1.82) is 0 Å². The second-order valence-corrected chi connectivity index (χ2v) is 3.56. The number of hydrogen-bond donors (Lipinski definition) is 1. The minimum Gasteiger partial charge on any atom is -0.392 e. The number of carbonyl (C=O) groups is 1. The summed E-state index contributed by atoms with van der Waals surface area (Å²) in [5, 5.41) is 9.01. The van der Waals surface area contributed by atoms with E-state index in [0.29, 0.717) is 17.5 Å². The summed E-state index contributed by atoms with van der Waals surface area (Å²) in [6.45, 7) is 1.71. The Morgan fingerprint density at radius 2 is 2.23 bits per heavy atom. The van der Waals surface area contributed by atoms with Crippen molar-refractivity contribution in [3.05, 3.63) is 33.8 Å². The number of hydrogen-bond acceptors (Lipinski definition) is 2. The average Bonchev–Trinajstić information content (AvgIpc) is 2.16. The van der Waals surface area contributed by atoms with Crippen molar-refractivity contribution in [3.8, 4) is 0 Å². The zero-order chi connectivity index (χ0) is 9.84. The van der Waals surface area contributed by atoms with Crippen LogP contribution < -0.4 is 0 Å². The first-order valence-electron chi connectivity index (χ1n) is 4.12. The van der Waals surface area contributed by atoms with Crippen LogP contribution in [0, 0.1) is 0 Å². The Bertz CT molecular complexity index is 321. The first-order chi connectivity index (χ1) is 6.20. The third-order valence-electron chi connectivity index (χ3n) is 1.87. The van der Waals surface area contributed by atoms with Crippen LogP contribution in [0.5, 0.6) is 0 Å². The van der Waals surface area contributed by atoms with Gasteiger partial charge >= 0.3 is 0 Å². The predicted octanol–water partition coefficient (Wildman–Crippen LogP) is 2.53. The van der Waals surface area contributed by atoms with Crippen molar-refractivity contribution >= 4 is 21.7 Å². The van der Waals surface area contributed by atoms with Crippen LogP contribution in [0.4, 0.5) is 0 Å². The summed E-state index contributed by atoms with van der Waals surface area (Å²) in [7, 11) is 0. The molecule has 0 aromatic heterocycles. The maximum absolute atomic E-state index is 11.5. The molecule has 0 bridgehead atoms. The highest BCUT2D eigenvalue weighted by atomic mass is 79.9. The highest BCUT2D eigenvalue weighted by molar-refractivity contribution is 9.10. The van der Waals surface area contributed by atoms with Gasteiger partial charge in [0.2, 0.25) is 0 Å². The molecule has 1 N–H and O–H groups in total. The Morgan fingerprint density at radius 3 is 2.77 bits per heavy atom. The Balaban J connectivity index is 3.22. The van der Waals surface area contributed by atoms with Crippen molar-refractivity contribution in [2.45, 2.75) is 20.0 Å². The molecular formula is C10H11BrO2. The molecule has 0 radical (unpaired) electrons. The van der Waals surface area contributed by atoms with Crippen LogP contribution >= 0.6 is 15.9 Å². The van der Waals surface area contributed by atoms with Gasteiger partial charge in [-0.1, -0.05) is 35.0 Å². The molecule has 0 spiro atoms. The van der Waals surface area contributed by atoms with Crippen LogP contribution in [0.2, 0.25) is 0 Å². The Labute approximate surface area is 85.7 Å². The molecule has 0 amide bonds. The normalized spacial score (nSPS) is 10.1. The molecule has 0 aliphatic carbocycles. The van der Waals surface area contributed by atoms with Gasteiger partial charge in [-0.15, -0.1) is 0 Å². The molecule has 0 aliphatic rings. The fraction of sp³-hybridized carbons (Fsp3) is 0.300. The van der Waals surface area contributed by atoms with Crippen molar-refractivity contribution in [1.82, 2.24) is 0 Å². The molecule has 0 fully saturated rings. The second kappa shape index (κ2) is 4.53. The van der Waals surface area contributed by atoms with E-state index in [1.54, 1.807) is 6.07 Å². The molecule has 0 saturated carbocycles. The van der Waals surface area contributed by atoms with Gasteiger partial charge in [0.05, 0.1) is 6.61 Å². The summed E-state index contributed by atoms with van der Waals surface area (Å²) in [5.41, 5.74) is 1.29. The third kappa shape index (κ3) is 2.17. The van der Waals surface area contributed by atoms with Crippen LogP contribution in [0.25, 0.3) is 0 Å². The monoisotopic (exact) mass is 242 g/mol. The fourth-order valence-corrected chi connectivity index (χ4v) is 1.82. The fourth-order valence-electron chi connectivity index (χ4n) is 1.19. The third-order valence-corrected chi connectivity index (χ3v) is 2.53. The number of rotatable bonds is 3. The van der Waals surface area contributed by atoms with Gasteiger partial charge < -0.3 is 5.11 Å². The minimum absolute atomic E-state index is 0.0523. The Hall–Kier alpha value is -0.670. The van der Waals surface area contributed by atoms with Crippen molar-refractivity contribution < 1.29 is 9.90 Å². The lowest BCUT2D eigenvalue weighted by Crippen LogP contribution is -2.03. The zero-order valence-corrected chi connectivity index (χ0v) is 8.97. The van der Waals surface area contributed by atoms with Crippen LogP contribution in [-0.4, -0.2) is 10.9 Å². The number of ketones is 1. The minimum atomic E-state index is -0.0967. The molecule has 0 unspecified atom stereocenters. The summed E-state index contributed by atoms with van der Waals surface area (Å²) in [5.74, 6) is 0.0523. The molecule has 70 valence electrons. The number of aliphatic hydroxyl groups excluding tert-OH is 1. The lowest BCUT2D eigenvalue weighted by atomic mass is 10.0. The number of halogens is 1. The van der Waals surface area contributed by atoms with E-state index in [9.17, 15) is 4.79 Å². The molecule has 3 heteroatoms. The molecule has 1 aromatic rings. The summed E-state index contributed by atoms with van der Waals surface area (Å²) in [6, 6.07) is 5.37.